The van der Waals surface area contributed by atoms with E-state index in [4.69, 9.17) is 10.4 Å². The highest BCUT2D eigenvalue weighted by Crippen LogP contribution is 2.12. The summed E-state index contributed by atoms with van der Waals surface area (Å²) in [6.07, 6.45) is 1.02. The van der Waals surface area contributed by atoms with Crippen LogP contribution in [0.25, 0.3) is 0 Å². The smallest absolute Gasteiger partial charge is 0.224 e. The third-order valence-electron chi connectivity index (χ3n) is 2.45. The molecular weight excluding hydrogens is 216 g/mol. The first kappa shape index (κ1) is 13.2. The average molecular weight is 232 g/mol. The highest BCUT2D eigenvalue weighted by Gasteiger charge is 2.08. The molecule has 1 amide bonds. The summed E-state index contributed by atoms with van der Waals surface area (Å²) in [5.41, 5.74) is 1.25. The summed E-state index contributed by atoms with van der Waals surface area (Å²) in [6, 6.07) is 8.74. The van der Waals surface area contributed by atoms with Crippen molar-refractivity contribution < 1.29 is 9.90 Å². The number of carbonyl (C=O) groups excluding carboxylic acids is 1. The molecule has 17 heavy (non-hydrogen) atoms. The van der Waals surface area contributed by atoms with E-state index in [2.05, 4.69) is 5.32 Å². The second kappa shape index (κ2) is 6.66. The number of hydrogen-bond donors (Lipinski definition) is 2. The van der Waals surface area contributed by atoms with Gasteiger partial charge in [0.2, 0.25) is 5.91 Å². The van der Waals surface area contributed by atoms with Crippen molar-refractivity contribution in [3.63, 3.8) is 0 Å². The summed E-state index contributed by atoms with van der Waals surface area (Å²) < 4.78 is 0. The number of rotatable bonds is 5. The monoisotopic (exact) mass is 232 g/mol. The molecule has 1 aromatic carbocycles. The molecule has 0 saturated heterocycles. The molecule has 0 aliphatic carbocycles. The Labute approximate surface area is 101 Å². The van der Waals surface area contributed by atoms with Crippen LogP contribution in [-0.2, 0) is 4.79 Å². The van der Waals surface area contributed by atoms with Gasteiger partial charge in [0.25, 0.3) is 0 Å². The van der Waals surface area contributed by atoms with E-state index < -0.39 is 0 Å². The molecule has 2 N–H and O–H groups in total. The van der Waals surface area contributed by atoms with Crippen LogP contribution in [0.1, 0.15) is 25.3 Å². The Morgan fingerprint density at radius 3 is 2.65 bits per heavy atom. The minimum absolute atomic E-state index is 0.0735. The first-order chi connectivity index (χ1) is 8.15. The first-order valence-electron chi connectivity index (χ1n) is 5.56. The predicted molar refractivity (Wildman–Crippen MR) is 65.3 cm³/mol. The van der Waals surface area contributed by atoms with E-state index in [1.54, 1.807) is 24.3 Å². The standard InChI is InChI=1S/C13H16N2O2/c1-10(6-7-16)8-13(17)15-12-4-2-11(9-14)3-5-12/h2-5,10,16H,6-8H2,1H3,(H,15,17)/t10-/m0/s1. The quantitative estimate of drug-likeness (QED) is 0.814. The molecule has 4 heteroatoms. The zero-order valence-corrected chi connectivity index (χ0v) is 9.81. The second-order valence-corrected chi connectivity index (χ2v) is 4.06. The maximum atomic E-state index is 11.6. The van der Waals surface area contributed by atoms with Gasteiger partial charge in [-0.1, -0.05) is 6.92 Å². The van der Waals surface area contributed by atoms with Gasteiger partial charge in [0.1, 0.15) is 0 Å². The molecule has 1 rings (SSSR count). The number of nitrogens with one attached hydrogen (secondary N) is 1. The maximum absolute atomic E-state index is 11.6. The third-order valence-corrected chi connectivity index (χ3v) is 2.45. The van der Waals surface area contributed by atoms with E-state index >= 15 is 0 Å². The topological polar surface area (TPSA) is 73.1 Å². The highest BCUT2D eigenvalue weighted by atomic mass is 16.3. The zero-order chi connectivity index (χ0) is 12.7. The number of nitriles is 1. The molecule has 0 spiro atoms. The second-order valence-electron chi connectivity index (χ2n) is 4.06. The molecule has 0 unspecified atom stereocenters. The summed E-state index contributed by atoms with van der Waals surface area (Å²) in [4.78, 5) is 11.6. The van der Waals surface area contributed by atoms with Gasteiger partial charge in [0.05, 0.1) is 11.6 Å². The van der Waals surface area contributed by atoms with Gasteiger partial charge in [-0.2, -0.15) is 5.26 Å². The summed E-state index contributed by atoms with van der Waals surface area (Å²) in [5, 5.41) is 20.1. The lowest BCUT2D eigenvalue weighted by molar-refractivity contribution is -0.117. The minimum atomic E-state index is -0.0735. The summed E-state index contributed by atoms with van der Waals surface area (Å²) in [7, 11) is 0. The van der Waals surface area contributed by atoms with Gasteiger partial charge in [-0.15, -0.1) is 0 Å². The van der Waals surface area contributed by atoms with Crippen LogP contribution in [0.3, 0.4) is 0 Å². The Bertz CT molecular complexity index is 406. The number of aliphatic hydroxyl groups is 1. The maximum Gasteiger partial charge on any atom is 0.224 e. The van der Waals surface area contributed by atoms with E-state index in [0.717, 1.165) is 0 Å². The van der Waals surface area contributed by atoms with Gasteiger partial charge in [-0.05, 0) is 36.6 Å². The zero-order valence-electron chi connectivity index (χ0n) is 9.81. The molecule has 0 aliphatic heterocycles. The van der Waals surface area contributed by atoms with Gasteiger partial charge in [0, 0.05) is 18.7 Å². The molecular formula is C13H16N2O2. The molecule has 1 atom stereocenters. The Morgan fingerprint density at radius 2 is 2.12 bits per heavy atom. The van der Waals surface area contributed by atoms with E-state index in [1.165, 1.54) is 0 Å². The van der Waals surface area contributed by atoms with Crippen molar-refractivity contribution in [2.75, 3.05) is 11.9 Å². The SMILES string of the molecule is C[C@@H](CCO)CC(=O)Nc1ccc(C#N)cc1. The summed E-state index contributed by atoms with van der Waals surface area (Å²) in [6.45, 7) is 2.03. The summed E-state index contributed by atoms with van der Waals surface area (Å²) in [5.74, 6) is 0.0917. The fourth-order valence-electron chi connectivity index (χ4n) is 1.48. The van der Waals surface area contributed by atoms with Crippen molar-refractivity contribution in [3.05, 3.63) is 29.8 Å². The summed E-state index contributed by atoms with van der Waals surface area (Å²) >= 11 is 0. The molecule has 0 aromatic heterocycles. The van der Waals surface area contributed by atoms with Crippen molar-refractivity contribution in [3.8, 4) is 6.07 Å². The number of carbonyl (C=O) groups is 1. The van der Waals surface area contributed by atoms with Crippen LogP contribution >= 0.6 is 0 Å². The molecule has 90 valence electrons. The fraction of sp³-hybridized carbons (Fsp3) is 0.385. The largest absolute Gasteiger partial charge is 0.396 e. The van der Waals surface area contributed by atoms with Gasteiger partial charge < -0.3 is 10.4 Å². The van der Waals surface area contributed by atoms with Crippen LogP contribution in [0.5, 0.6) is 0 Å². The van der Waals surface area contributed by atoms with Crippen LogP contribution in [0.4, 0.5) is 5.69 Å². The number of anilines is 1. The van der Waals surface area contributed by atoms with Crippen LogP contribution in [0.15, 0.2) is 24.3 Å². The minimum Gasteiger partial charge on any atom is -0.396 e. The highest BCUT2D eigenvalue weighted by molar-refractivity contribution is 5.90. The Balaban J connectivity index is 2.48. The van der Waals surface area contributed by atoms with Gasteiger partial charge >= 0.3 is 0 Å². The lowest BCUT2D eigenvalue weighted by Gasteiger charge is -2.10. The van der Waals surface area contributed by atoms with Crippen LogP contribution in [0.2, 0.25) is 0 Å². The average Bonchev–Trinajstić information content (AvgIpc) is 2.30. The molecule has 0 bridgehead atoms. The van der Waals surface area contributed by atoms with Crippen LogP contribution in [-0.4, -0.2) is 17.6 Å². The van der Waals surface area contributed by atoms with Crippen LogP contribution in [0, 0.1) is 17.2 Å². The Hall–Kier alpha value is -1.86. The van der Waals surface area contributed by atoms with Crippen molar-refractivity contribution in [1.82, 2.24) is 0 Å². The van der Waals surface area contributed by atoms with Crippen molar-refractivity contribution in [2.45, 2.75) is 19.8 Å². The molecule has 0 fully saturated rings. The van der Waals surface area contributed by atoms with Crippen molar-refractivity contribution >= 4 is 11.6 Å². The van der Waals surface area contributed by atoms with Crippen LogP contribution < -0.4 is 5.32 Å². The number of aliphatic hydroxyl groups excluding tert-OH is 1. The van der Waals surface area contributed by atoms with E-state index in [-0.39, 0.29) is 18.4 Å². The normalized spacial score (nSPS) is 11.6. The van der Waals surface area contributed by atoms with E-state index in [9.17, 15) is 4.79 Å². The molecule has 0 radical (unpaired) electrons. The number of nitrogens with zero attached hydrogens (tertiary/aromatic N) is 1. The molecule has 1 aromatic rings. The third kappa shape index (κ3) is 4.66. The van der Waals surface area contributed by atoms with E-state index in [0.29, 0.717) is 24.1 Å². The predicted octanol–water partition coefficient (Wildman–Crippen LogP) is 1.91. The van der Waals surface area contributed by atoms with E-state index in [1.807, 2.05) is 13.0 Å². The number of hydrogen-bond acceptors (Lipinski definition) is 3. The number of benzene rings is 1. The lowest BCUT2D eigenvalue weighted by atomic mass is 10.0. The van der Waals surface area contributed by atoms with Gasteiger partial charge in [-0.25, -0.2) is 0 Å². The molecule has 4 nitrogen and oxygen atoms in total. The Kier molecular flexibility index (Phi) is 5.18. The fourth-order valence-corrected chi connectivity index (χ4v) is 1.48. The molecule has 0 heterocycles. The molecule has 0 aliphatic rings. The Morgan fingerprint density at radius 1 is 1.47 bits per heavy atom. The van der Waals surface area contributed by atoms with Crippen molar-refractivity contribution in [1.29, 1.82) is 5.26 Å². The van der Waals surface area contributed by atoms with Crippen molar-refractivity contribution in [2.24, 2.45) is 5.92 Å². The first-order valence-corrected chi connectivity index (χ1v) is 5.56. The lowest BCUT2D eigenvalue weighted by Crippen LogP contribution is -2.15. The van der Waals surface area contributed by atoms with Gasteiger partial charge in [0.15, 0.2) is 0 Å². The number of amides is 1. The van der Waals surface area contributed by atoms with Gasteiger partial charge in [-0.3, -0.25) is 4.79 Å². The molecule has 0 saturated carbocycles.